The summed E-state index contributed by atoms with van der Waals surface area (Å²) in [6.45, 7) is 2.01. The first-order chi connectivity index (χ1) is 9.48. The molecule has 2 aromatic rings. The predicted octanol–water partition coefficient (Wildman–Crippen LogP) is 3.34. The molecule has 0 aliphatic heterocycles. The summed E-state index contributed by atoms with van der Waals surface area (Å²) >= 11 is 0. The molecule has 0 radical (unpaired) electrons. The molecule has 106 valence electrons. The highest BCUT2D eigenvalue weighted by Crippen LogP contribution is 2.19. The fourth-order valence-electron chi connectivity index (χ4n) is 2.34. The molecule has 1 atom stereocenters. The van der Waals surface area contributed by atoms with Crippen molar-refractivity contribution in [2.45, 2.75) is 25.3 Å². The summed E-state index contributed by atoms with van der Waals surface area (Å²) in [7, 11) is 1.65. The molecule has 0 aliphatic carbocycles. The lowest BCUT2D eigenvalue weighted by atomic mass is 9.87. The fraction of sp³-hybridized carbons (Fsp3) is 0.294. The standard InChI is InChI=1S/C17H20FNO/c1-17(19,11-13-3-7-15(18)8-4-13)12-14-5-9-16(20-2)10-6-14/h3-10H,11-12,19H2,1-2H3. The van der Waals surface area contributed by atoms with E-state index in [1.165, 1.54) is 12.1 Å². The Kier molecular flexibility index (Phi) is 4.40. The lowest BCUT2D eigenvalue weighted by Gasteiger charge is -2.25. The number of methoxy groups -OCH3 is 1. The van der Waals surface area contributed by atoms with Gasteiger partial charge in [0.05, 0.1) is 7.11 Å². The van der Waals surface area contributed by atoms with Crippen molar-refractivity contribution in [3.8, 4) is 5.75 Å². The molecule has 2 N–H and O–H groups in total. The fourth-order valence-corrected chi connectivity index (χ4v) is 2.34. The smallest absolute Gasteiger partial charge is 0.123 e. The second kappa shape index (κ2) is 6.06. The van der Waals surface area contributed by atoms with Gasteiger partial charge in [-0.25, -0.2) is 4.39 Å². The van der Waals surface area contributed by atoms with Crippen molar-refractivity contribution in [2.24, 2.45) is 5.73 Å². The Morgan fingerprint density at radius 3 is 1.85 bits per heavy atom. The molecule has 0 bridgehead atoms. The van der Waals surface area contributed by atoms with Gasteiger partial charge in [0.1, 0.15) is 11.6 Å². The molecule has 2 rings (SSSR count). The maximum Gasteiger partial charge on any atom is 0.123 e. The number of rotatable bonds is 5. The van der Waals surface area contributed by atoms with E-state index in [1.54, 1.807) is 19.2 Å². The van der Waals surface area contributed by atoms with Gasteiger partial charge >= 0.3 is 0 Å². The number of ether oxygens (including phenoxy) is 1. The van der Waals surface area contributed by atoms with Crippen molar-refractivity contribution in [3.63, 3.8) is 0 Å². The minimum Gasteiger partial charge on any atom is -0.497 e. The average molecular weight is 273 g/mol. The Hall–Kier alpha value is -1.87. The van der Waals surface area contributed by atoms with Crippen molar-refractivity contribution in [3.05, 3.63) is 65.5 Å². The maximum atomic E-state index is 12.9. The van der Waals surface area contributed by atoms with E-state index >= 15 is 0 Å². The molecule has 0 saturated heterocycles. The Bertz CT molecular complexity index is 546. The molecule has 0 spiro atoms. The second-order valence-electron chi connectivity index (χ2n) is 5.48. The summed E-state index contributed by atoms with van der Waals surface area (Å²) in [4.78, 5) is 0. The van der Waals surface area contributed by atoms with Gasteiger partial charge in [-0.2, -0.15) is 0 Å². The van der Waals surface area contributed by atoms with Crippen LogP contribution in [0.5, 0.6) is 5.75 Å². The van der Waals surface area contributed by atoms with E-state index in [2.05, 4.69) is 0 Å². The van der Waals surface area contributed by atoms with Crippen LogP contribution in [-0.2, 0) is 12.8 Å². The molecule has 0 aliphatic rings. The summed E-state index contributed by atoms with van der Waals surface area (Å²) in [6.07, 6.45) is 1.47. The highest BCUT2D eigenvalue weighted by atomic mass is 19.1. The van der Waals surface area contributed by atoms with Crippen LogP contribution < -0.4 is 10.5 Å². The Balaban J connectivity index is 2.03. The van der Waals surface area contributed by atoms with E-state index in [-0.39, 0.29) is 11.4 Å². The summed E-state index contributed by atoms with van der Waals surface area (Å²) in [5.74, 6) is 0.619. The highest BCUT2D eigenvalue weighted by Gasteiger charge is 2.19. The first-order valence-electron chi connectivity index (χ1n) is 6.65. The quantitative estimate of drug-likeness (QED) is 0.907. The lowest BCUT2D eigenvalue weighted by Crippen LogP contribution is -2.40. The zero-order valence-corrected chi connectivity index (χ0v) is 11.9. The van der Waals surface area contributed by atoms with E-state index in [1.807, 2.05) is 31.2 Å². The van der Waals surface area contributed by atoms with Crippen LogP contribution in [0.25, 0.3) is 0 Å². The summed E-state index contributed by atoms with van der Waals surface area (Å²) < 4.78 is 18.0. The number of hydrogen-bond acceptors (Lipinski definition) is 2. The van der Waals surface area contributed by atoms with Crippen LogP contribution in [0.2, 0.25) is 0 Å². The third-order valence-corrected chi connectivity index (χ3v) is 3.29. The molecular weight excluding hydrogens is 253 g/mol. The van der Waals surface area contributed by atoms with Gasteiger partial charge < -0.3 is 10.5 Å². The highest BCUT2D eigenvalue weighted by molar-refractivity contribution is 5.29. The number of benzene rings is 2. The van der Waals surface area contributed by atoms with Gasteiger partial charge in [-0.3, -0.25) is 0 Å². The van der Waals surface area contributed by atoms with Crippen LogP contribution in [0.4, 0.5) is 4.39 Å². The first-order valence-corrected chi connectivity index (χ1v) is 6.65. The summed E-state index contributed by atoms with van der Waals surface area (Å²) in [5.41, 5.74) is 8.21. The Morgan fingerprint density at radius 1 is 0.950 bits per heavy atom. The minimum atomic E-state index is -0.369. The predicted molar refractivity (Wildman–Crippen MR) is 79.4 cm³/mol. The minimum absolute atomic E-state index is 0.220. The van der Waals surface area contributed by atoms with E-state index in [4.69, 9.17) is 10.5 Å². The molecule has 0 saturated carbocycles. The molecule has 20 heavy (non-hydrogen) atoms. The van der Waals surface area contributed by atoms with E-state index in [0.717, 1.165) is 23.3 Å². The van der Waals surface area contributed by atoms with Gasteiger partial charge in [-0.15, -0.1) is 0 Å². The van der Waals surface area contributed by atoms with E-state index < -0.39 is 0 Å². The maximum absolute atomic E-state index is 12.9. The van der Waals surface area contributed by atoms with Crippen molar-refractivity contribution < 1.29 is 9.13 Å². The number of halogens is 1. The van der Waals surface area contributed by atoms with E-state index in [9.17, 15) is 4.39 Å². The molecule has 2 aromatic carbocycles. The van der Waals surface area contributed by atoms with Gasteiger partial charge in [0.15, 0.2) is 0 Å². The molecule has 1 unspecified atom stereocenters. The zero-order valence-electron chi connectivity index (χ0n) is 11.9. The SMILES string of the molecule is COc1ccc(CC(C)(N)Cc2ccc(F)cc2)cc1. The van der Waals surface area contributed by atoms with Gasteiger partial charge in [-0.1, -0.05) is 24.3 Å². The monoisotopic (exact) mass is 273 g/mol. The Labute approximate surface area is 119 Å². The summed E-state index contributed by atoms with van der Waals surface area (Å²) in [6, 6.07) is 14.4. The van der Waals surface area contributed by atoms with Crippen molar-refractivity contribution in [1.29, 1.82) is 0 Å². The molecular formula is C17H20FNO. The molecule has 0 fully saturated rings. The third kappa shape index (κ3) is 4.07. The van der Waals surface area contributed by atoms with Gasteiger partial charge in [0, 0.05) is 5.54 Å². The van der Waals surface area contributed by atoms with Crippen LogP contribution in [-0.4, -0.2) is 12.6 Å². The Morgan fingerprint density at radius 2 is 1.40 bits per heavy atom. The van der Waals surface area contributed by atoms with E-state index in [0.29, 0.717) is 6.42 Å². The molecule has 0 aromatic heterocycles. The number of hydrogen-bond donors (Lipinski definition) is 1. The normalized spacial score (nSPS) is 13.8. The topological polar surface area (TPSA) is 35.2 Å². The van der Waals surface area contributed by atoms with Crippen LogP contribution >= 0.6 is 0 Å². The van der Waals surface area contributed by atoms with Gasteiger partial charge in [-0.05, 0) is 55.2 Å². The van der Waals surface area contributed by atoms with Crippen LogP contribution in [0.15, 0.2) is 48.5 Å². The molecule has 0 amide bonds. The van der Waals surface area contributed by atoms with Gasteiger partial charge in [0.25, 0.3) is 0 Å². The second-order valence-corrected chi connectivity index (χ2v) is 5.48. The van der Waals surface area contributed by atoms with Crippen molar-refractivity contribution in [1.82, 2.24) is 0 Å². The first kappa shape index (κ1) is 14.5. The zero-order chi connectivity index (χ0) is 14.6. The van der Waals surface area contributed by atoms with Crippen LogP contribution in [0, 0.1) is 5.82 Å². The van der Waals surface area contributed by atoms with Crippen LogP contribution in [0.3, 0.4) is 0 Å². The summed E-state index contributed by atoms with van der Waals surface area (Å²) in [5, 5.41) is 0. The van der Waals surface area contributed by atoms with Gasteiger partial charge in [0.2, 0.25) is 0 Å². The number of nitrogens with two attached hydrogens (primary N) is 1. The molecule has 0 heterocycles. The molecule has 2 nitrogen and oxygen atoms in total. The largest absolute Gasteiger partial charge is 0.497 e. The van der Waals surface area contributed by atoms with Crippen LogP contribution in [0.1, 0.15) is 18.1 Å². The van der Waals surface area contributed by atoms with Crippen molar-refractivity contribution in [2.75, 3.05) is 7.11 Å². The van der Waals surface area contributed by atoms with Crippen molar-refractivity contribution >= 4 is 0 Å². The average Bonchev–Trinajstić information content (AvgIpc) is 2.41. The molecule has 3 heteroatoms. The lowest BCUT2D eigenvalue weighted by molar-refractivity contribution is 0.414. The third-order valence-electron chi connectivity index (χ3n) is 3.29.